The first kappa shape index (κ1) is 22.5. The SMILES string of the molecule is Cc1cc(=O)oc2cc(Oc3coc4cc(OC(=O)c5ccc([N+](=O)[O-])cc5)ccc4c3=O)ccc12. The topological polar surface area (TPSA) is 139 Å². The number of nitro benzene ring substituents is 1. The van der Waals surface area contributed by atoms with Crippen LogP contribution in [0.15, 0.2) is 91.4 Å². The Hall–Kier alpha value is -5.25. The second kappa shape index (κ2) is 8.84. The van der Waals surface area contributed by atoms with Crippen molar-refractivity contribution in [1.29, 1.82) is 0 Å². The van der Waals surface area contributed by atoms with Gasteiger partial charge in [0.25, 0.3) is 5.69 Å². The van der Waals surface area contributed by atoms with Crippen molar-refractivity contribution >= 4 is 33.6 Å². The summed E-state index contributed by atoms with van der Waals surface area (Å²) < 4.78 is 21.7. The number of nitro groups is 1. The van der Waals surface area contributed by atoms with Crippen LogP contribution in [-0.4, -0.2) is 10.9 Å². The van der Waals surface area contributed by atoms with Gasteiger partial charge in [0.05, 0.1) is 15.9 Å². The van der Waals surface area contributed by atoms with Crippen LogP contribution < -0.4 is 20.5 Å². The van der Waals surface area contributed by atoms with Crippen molar-refractivity contribution in [3.63, 3.8) is 0 Å². The highest BCUT2D eigenvalue weighted by atomic mass is 16.6. The first-order chi connectivity index (χ1) is 17.3. The quantitative estimate of drug-likeness (QED) is 0.109. The van der Waals surface area contributed by atoms with E-state index in [4.69, 9.17) is 18.3 Å². The number of hydrogen-bond acceptors (Lipinski definition) is 9. The van der Waals surface area contributed by atoms with Crippen LogP contribution in [0.1, 0.15) is 15.9 Å². The molecule has 5 rings (SSSR count). The molecule has 36 heavy (non-hydrogen) atoms. The van der Waals surface area contributed by atoms with Gasteiger partial charge in [-0.25, -0.2) is 9.59 Å². The van der Waals surface area contributed by atoms with Crippen molar-refractivity contribution in [3.8, 4) is 17.2 Å². The van der Waals surface area contributed by atoms with Crippen molar-refractivity contribution in [2.75, 3.05) is 0 Å². The zero-order valence-electron chi connectivity index (χ0n) is 18.5. The Balaban J connectivity index is 1.39. The fourth-order valence-electron chi connectivity index (χ4n) is 3.61. The maximum absolute atomic E-state index is 12.9. The Morgan fingerprint density at radius 3 is 2.33 bits per heavy atom. The molecule has 178 valence electrons. The summed E-state index contributed by atoms with van der Waals surface area (Å²) in [7, 11) is 0. The lowest BCUT2D eigenvalue weighted by Gasteiger charge is -2.08. The van der Waals surface area contributed by atoms with Crippen molar-refractivity contribution in [2.45, 2.75) is 6.92 Å². The summed E-state index contributed by atoms with van der Waals surface area (Å²) in [5, 5.41) is 11.7. The second-order valence-electron chi connectivity index (χ2n) is 7.79. The van der Waals surface area contributed by atoms with Gasteiger partial charge < -0.3 is 18.3 Å². The molecule has 5 aromatic rings. The van der Waals surface area contributed by atoms with Gasteiger partial charge in [0.1, 0.15) is 28.9 Å². The lowest BCUT2D eigenvalue weighted by atomic mass is 10.1. The number of aryl methyl sites for hydroxylation is 1. The van der Waals surface area contributed by atoms with E-state index in [9.17, 15) is 24.5 Å². The van der Waals surface area contributed by atoms with Crippen LogP contribution in [0.2, 0.25) is 0 Å². The van der Waals surface area contributed by atoms with E-state index in [0.717, 1.165) is 17.2 Å². The van der Waals surface area contributed by atoms with E-state index in [2.05, 4.69) is 0 Å². The summed E-state index contributed by atoms with van der Waals surface area (Å²) in [5.74, 6) is -0.434. The molecular formula is C26H15NO9. The highest BCUT2D eigenvalue weighted by Gasteiger charge is 2.15. The molecule has 10 heteroatoms. The number of nitrogens with zero attached hydrogens (tertiary/aromatic N) is 1. The number of non-ortho nitro benzene ring substituents is 1. The fourth-order valence-corrected chi connectivity index (χ4v) is 3.61. The van der Waals surface area contributed by atoms with Gasteiger partial charge in [-0.15, -0.1) is 0 Å². The Morgan fingerprint density at radius 2 is 1.58 bits per heavy atom. The Bertz CT molecular complexity index is 1780. The third-order valence-corrected chi connectivity index (χ3v) is 5.39. The highest BCUT2D eigenvalue weighted by molar-refractivity contribution is 5.92. The van der Waals surface area contributed by atoms with Crippen LogP contribution >= 0.6 is 0 Å². The molecule has 0 aliphatic heterocycles. The molecule has 0 aliphatic carbocycles. The molecule has 0 atom stereocenters. The number of hydrogen-bond donors (Lipinski definition) is 0. The zero-order valence-corrected chi connectivity index (χ0v) is 18.5. The Kier molecular flexibility index (Phi) is 5.53. The van der Waals surface area contributed by atoms with E-state index < -0.39 is 21.9 Å². The maximum atomic E-state index is 12.9. The first-order valence-corrected chi connectivity index (χ1v) is 10.5. The minimum atomic E-state index is -0.732. The number of benzene rings is 3. The van der Waals surface area contributed by atoms with Crippen molar-refractivity contribution in [3.05, 3.63) is 115 Å². The van der Waals surface area contributed by atoms with Gasteiger partial charge in [0, 0.05) is 35.7 Å². The van der Waals surface area contributed by atoms with Gasteiger partial charge in [-0.2, -0.15) is 0 Å². The molecule has 0 radical (unpaired) electrons. The summed E-state index contributed by atoms with van der Waals surface area (Å²) in [6.45, 7) is 1.79. The van der Waals surface area contributed by atoms with Gasteiger partial charge >= 0.3 is 11.6 Å². The van der Waals surface area contributed by atoms with E-state index in [0.29, 0.717) is 5.58 Å². The average molecular weight is 485 g/mol. The summed E-state index contributed by atoms with van der Waals surface area (Å²) in [6.07, 6.45) is 1.13. The van der Waals surface area contributed by atoms with Gasteiger partial charge in [0.2, 0.25) is 11.2 Å². The molecule has 2 heterocycles. The number of carbonyl (C=O) groups excluding carboxylic acids is 1. The van der Waals surface area contributed by atoms with E-state index in [1.54, 1.807) is 19.1 Å². The number of esters is 1. The number of rotatable bonds is 5. The molecule has 0 fully saturated rings. The fraction of sp³-hybridized carbons (Fsp3) is 0.0385. The van der Waals surface area contributed by atoms with Crippen molar-refractivity contribution in [1.82, 2.24) is 0 Å². The molecule has 0 amide bonds. The monoisotopic (exact) mass is 485 g/mol. The minimum absolute atomic E-state index is 0.0903. The summed E-state index contributed by atoms with van der Waals surface area (Å²) >= 11 is 0. The summed E-state index contributed by atoms with van der Waals surface area (Å²) in [4.78, 5) is 47.1. The third-order valence-electron chi connectivity index (χ3n) is 5.39. The molecule has 3 aromatic carbocycles. The average Bonchev–Trinajstić information content (AvgIpc) is 2.85. The lowest BCUT2D eigenvalue weighted by molar-refractivity contribution is -0.384. The molecule has 0 saturated heterocycles. The maximum Gasteiger partial charge on any atom is 0.343 e. The highest BCUT2D eigenvalue weighted by Crippen LogP contribution is 2.27. The van der Waals surface area contributed by atoms with Crippen LogP contribution in [0.4, 0.5) is 5.69 Å². The second-order valence-corrected chi connectivity index (χ2v) is 7.79. The smallest absolute Gasteiger partial charge is 0.343 e. The number of ether oxygens (including phenoxy) is 2. The van der Waals surface area contributed by atoms with Crippen LogP contribution in [0.25, 0.3) is 21.9 Å². The molecule has 2 aromatic heterocycles. The van der Waals surface area contributed by atoms with Gasteiger partial charge in [-0.3, -0.25) is 14.9 Å². The van der Waals surface area contributed by atoms with Crippen LogP contribution in [0.5, 0.6) is 17.2 Å². The molecule has 10 nitrogen and oxygen atoms in total. The molecule has 0 saturated carbocycles. The minimum Gasteiger partial charge on any atom is -0.460 e. The van der Waals surface area contributed by atoms with E-state index in [-0.39, 0.29) is 39.5 Å². The standard InChI is InChI=1S/C26H15NO9/c1-14-10-24(28)36-22-12-17(6-8-19(14)22)34-23-13-33-21-11-18(7-9-20(21)25(23)29)35-26(30)15-2-4-16(5-3-15)27(31)32/h2-13H,1H3. The van der Waals surface area contributed by atoms with Crippen LogP contribution in [-0.2, 0) is 0 Å². The Labute approximate surface area is 201 Å². The molecule has 0 bridgehead atoms. The van der Waals surface area contributed by atoms with E-state index >= 15 is 0 Å². The normalized spacial score (nSPS) is 10.9. The van der Waals surface area contributed by atoms with Crippen LogP contribution in [0.3, 0.4) is 0 Å². The molecule has 0 aliphatic rings. The molecule has 0 spiro atoms. The third kappa shape index (κ3) is 4.30. The van der Waals surface area contributed by atoms with E-state index in [1.165, 1.54) is 54.6 Å². The first-order valence-electron chi connectivity index (χ1n) is 10.5. The summed E-state index contributed by atoms with van der Waals surface area (Å²) in [5.41, 5.74) is 0.238. The molecular weight excluding hydrogens is 470 g/mol. The number of carbonyl (C=O) groups is 1. The van der Waals surface area contributed by atoms with Crippen LogP contribution in [0, 0.1) is 17.0 Å². The largest absolute Gasteiger partial charge is 0.460 e. The molecule has 0 unspecified atom stereocenters. The molecule has 0 N–H and O–H groups in total. The van der Waals surface area contributed by atoms with Crippen molar-refractivity contribution in [2.24, 2.45) is 0 Å². The predicted octanol–water partition coefficient (Wildman–Crippen LogP) is 5.13. The lowest BCUT2D eigenvalue weighted by Crippen LogP contribution is -2.09. The number of fused-ring (bicyclic) bond motifs is 2. The zero-order chi connectivity index (χ0) is 25.4. The van der Waals surface area contributed by atoms with Crippen molar-refractivity contribution < 1.29 is 28.0 Å². The van der Waals surface area contributed by atoms with Gasteiger partial charge in [-0.05, 0) is 48.9 Å². The van der Waals surface area contributed by atoms with Gasteiger partial charge in [-0.1, -0.05) is 0 Å². The predicted molar refractivity (Wildman–Crippen MR) is 128 cm³/mol. The van der Waals surface area contributed by atoms with E-state index in [1.807, 2.05) is 0 Å². The summed E-state index contributed by atoms with van der Waals surface area (Å²) in [6, 6.07) is 15.4. The Morgan fingerprint density at radius 1 is 0.889 bits per heavy atom. The van der Waals surface area contributed by atoms with Gasteiger partial charge in [0.15, 0.2) is 0 Å².